The number of anilines is 1. The number of halogens is 1. The Bertz CT molecular complexity index is 1110. The van der Waals surface area contributed by atoms with Gasteiger partial charge in [-0.25, -0.2) is 9.37 Å². The fourth-order valence-corrected chi connectivity index (χ4v) is 4.44. The van der Waals surface area contributed by atoms with Crippen LogP contribution in [-0.2, 0) is 0 Å². The zero-order valence-electron chi connectivity index (χ0n) is 14.5. The quantitative estimate of drug-likeness (QED) is 0.492. The van der Waals surface area contributed by atoms with Gasteiger partial charge in [-0.15, -0.1) is 22.7 Å². The molecular formula is C19H15FN4OS2. The van der Waals surface area contributed by atoms with Crippen LogP contribution >= 0.6 is 22.7 Å². The first-order valence-electron chi connectivity index (χ1n) is 8.15. The van der Waals surface area contributed by atoms with Gasteiger partial charge in [-0.3, -0.25) is 15.2 Å². The van der Waals surface area contributed by atoms with Crippen LogP contribution in [0, 0.1) is 19.7 Å². The van der Waals surface area contributed by atoms with Crippen LogP contribution in [0.4, 0.5) is 9.52 Å². The highest BCUT2D eigenvalue weighted by Crippen LogP contribution is 2.33. The molecule has 136 valence electrons. The molecule has 4 aromatic rings. The summed E-state index contributed by atoms with van der Waals surface area (Å²) < 4.78 is 13.1. The van der Waals surface area contributed by atoms with Gasteiger partial charge in [0.25, 0.3) is 5.91 Å². The molecule has 4 rings (SSSR count). The molecule has 3 aromatic heterocycles. The number of H-pyrrole nitrogens is 1. The van der Waals surface area contributed by atoms with Crippen LogP contribution in [0.25, 0.3) is 22.5 Å². The van der Waals surface area contributed by atoms with Gasteiger partial charge in [0.15, 0.2) is 5.13 Å². The van der Waals surface area contributed by atoms with E-state index >= 15 is 0 Å². The summed E-state index contributed by atoms with van der Waals surface area (Å²) in [6, 6.07) is 7.99. The predicted molar refractivity (Wildman–Crippen MR) is 107 cm³/mol. The highest BCUT2D eigenvalue weighted by atomic mass is 32.1. The van der Waals surface area contributed by atoms with Gasteiger partial charge in [0.2, 0.25) is 0 Å². The number of aromatic amines is 1. The monoisotopic (exact) mass is 398 g/mol. The number of nitrogens with one attached hydrogen (secondary N) is 2. The molecule has 0 aliphatic heterocycles. The first-order valence-corrected chi connectivity index (χ1v) is 9.84. The number of rotatable bonds is 4. The van der Waals surface area contributed by atoms with Gasteiger partial charge in [-0.05, 0) is 44.2 Å². The summed E-state index contributed by atoms with van der Waals surface area (Å²) in [7, 11) is 0. The molecule has 0 saturated carbocycles. The van der Waals surface area contributed by atoms with E-state index in [2.05, 4.69) is 40.4 Å². The molecule has 1 aromatic carbocycles. The maximum Gasteiger partial charge on any atom is 0.261 e. The van der Waals surface area contributed by atoms with E-state index in [-0.39, 0.29) is 11.7 Å². The molecule has 5 nitrogen and oxygen atoms in total. The van der Waals surface area contributed by atoms with Crippen LogP contribution in [-0.4, -0.2) is 21.1 Å². The molecule has 3 heterocycles. The van der Waals surface area contributed by atoms with Gasteiger partial charge in [0.05, 0.1) is 23.1 Å². The normalized spacial score (nSPS) is 10.9. The number of benzene rings is 1. The minimum absolute atomic E-state index is 0.317. The van der Waals surface area contributed by atoms with Crippen LogP contribution in [0.1, 0.15) is 20.1 Å². The molecule has 1 amide bonds. The molecule has 0 fully saturated rings. The lowest BCUT2D eigenvalue weighted by molar-refractivity contribution is 0.102. The summed E-state index contributed by atoms with van der Waals surface area (Å²) in [5.41, 5.74) is 3.53. The van der Waals surface area contributed by atoms with Crippen molar-refractivity contribution >= 4 is 33.7 Å². The number of aromatic nitrogens is 3. The Morgan fingerprint density at radius 1 is 1.22 bits per heavy atom. The SMILES string of the molecule is Cc1cc(-c2csc(NC(=O)c3cn[nH]c3-c3ccc(F)cc3)n2)c(C)s1. The molecule has 27 heavy (non-hydrogen) atoms. The molecule has 0 unspecified atom stereocenters. The minimum Gasteiger partial charge on any atom is -0.298 e. The van der Waals surface area contributed by atoms with Gasteiger partial charge in [-0.2, -0.15) is 5.10 Å². The van der Waals surface area contributed by atoms with Crippen LogP contribution in [0.15, 0.2) is 41.9 Å². The van der Waals surface area contributed by atoms with Crippen molar-refractivity contribution in [2.24, 2.45) is 0 Å². The van der Waals surface area contributed by atoms with E-state index in [1.165, 1.54) is 39.4 Å². The number of aryl methyl sites for hydroxylation is 2. The Labute approximate surface area is 162 Å². The Kier molecular flexibility index (Phi) is 4.59. The summed E-state index contributed by atoms with van der Waals surface area (Å²) in [6.07, 6.45) is 1.45. The number of thiophene rings is 1. The fraction of sp³-hybridized carbons (Fsp3) is 0.105. The third-order valence-corrected chi connectivity index (χ3v) is 5.78. The van der Waals surface area contributed by atoms with E-state index in [0.29, 0.717) is 22.0 Å². The lowest BCUT2D eigenvalue weighted by Crippen LogP contribution is -2.12. The number of hydrogen-bond acceptors (Lipinski definition) is 5. The third kappa shape index (κ3) is 3.54. The van der Waals surface area contributed by atoms with E-state index in [1.54, 1.807) is 23.5 Å². The van der Waals surface area contributed by atoms with Crippen molar-refractivity contribution < 1.29 is 9.18 Å². The first-order chi connectivity index (χ1) is 13.0. The van der Waals surface area contributed by atoms with Gasteiger partial charge in [0, 0.05) is 26.3 Å². The van der Waals surface area contributed by atoms with E-state index in [4.69, 9.17) is 0 Å². The third-order valence-electron chi connectivity index (χ3n) is 4.06. The largest absolute Gasteiger partial charge is 0.298 e. The van der Waals surface area contributed by atoms with Crippen molar-refractivity contribution in [2.45, 2.75) is 13.8 Å². The second-order valence-electron chi connectivity index (χ2n) is 5.98. The average Bonchev–Trinajstić information content (AvgIpc) is 3.35. The Morgan fingerprint density at radius 2 is 2.00 bits per heavy atom. The predicted octanol–water partition coefficient (Wildman–Crippen LogP) is 5.27. The molecule has 0 aliphatic rings. The zero-order chi connectivity index (χ0) is 19.0. The summed E-state index contributed by atoms with van der Waals surface area (Å²) in [4.78, 5) is 19.6. The molecule has 8 heteroatoms. The Balaban J connectivity index is 1.56. The standard InChI is InChI=1S/C19H15FN4OS2/c1-10-7-14(11(2)27-10)16-9-26-19(22-16)23-18(25)15-8-21-24-17(15)12-3-5-13(20)6-4-12/h3-9H,1-2H3,(H,21,24)(H,22,23,25). The molecule has 0 aliphatic carbocycles. The van der Waals surface area contributed by atoms with E-state index in [0.717, 1.165) is 11.3 Å². The van der Waals surface area contributed by atoms with Crippen molar-refractivity contribution in [2.75, 3.05) is 5.32 Å². The van der Waals surface area contributed by atoms with E-state index in [1.807, 2.05) is 5.38 Å². The molecule has 0 radical (unpaired) electrons. The number of hydrogen-bond donors (Lipinski definition) is 2. The summed E-state index contributed by atoms with van der Waals surface area (Å²) in [6.45, 7) is 4.12. The highest BCUT2D eigenvalue weighted by molar-refractivity contribution is 7.14. The van der Waals surface area contributed by atoms with Gasteiger partial charge in [-0.1, -0.05) is 0 Å². The summed E-state index contributed by atoms with van der Waals surface area (Å²) in [5, 5.41) is 12.0. The van der Waals surface area contributed by atoms with Gasteiger partial charge in [0.1, 0.15) is 5.82 Å². The molecule has 0 spiro atoms. The van der Waals surface area contributed by atoms with Crippen molar-refractivity contribution in [1.29, 1.82) is 0 Å². The van der Waals surface area contributed by atoms with Crippen molar-refractivity contribution in [3.8, 4) is 22.5 Å². The van der Waals surface area contributed by atoms with Crippen molar-refractivity contribution in [1.82, 2.24) is 15.2 Å². The molecule has 2 N–H and O–H groups in total. The second kappa shape index (κ2) is 7.05. The second-order valence-corrected chi connectivity index (χ2v) is 8.30. The maximum absolute atomic E-state index is 13.1. The first kappa shape index (κ1) is 17.6. The minimum atomic E-state index is -0.335. The number of carbonyl (C=O) groups is 1. The zero-order valence-corrected chi connectivity index (χ0v) is 16.2. The Hall–Kier alpha value is -2.84. The highest BCUT2D eigenvalue weighted by Gasteiger charge is 2.17. The maximum atomic E-state index is 13.1. The topological polar surface area (TPSA) is 70.7 Å². The summed E-state index contributed by atoms with van der Waals surface area (Å²) in [5.74, 6) is -0.652. The Morgan fingerprint density at radius 3 is 2.70 bits per heavy atom. The van der Waals surface area contributed by atoms with Crippen LogP contribution in [0.5, 0.6) is 0 Å². The smallest absolute Gasteiger partial charge is 0.261 e. The van der Waals surface area contributed by atoms with Crippen LogP contribution < -0.4 is 5.32 Å². The summed E-state index contributed by atoms with van der Waals surface area (Å²) >= 11 is 3.10. The van der Waals surface area contributed by atoms with Crippen LogP contribution in [0.3, 0.4) is 0 Å². The van der Waals surface area contributed by atoms with Crippen LogP contribution in [0.2, 0.25) is 0 Å². The van der Waals surface area contributed by atoms with Gasteiger partial charge < -0.3 is 0 Å². The van der Waals surface area contributed by atoms with E-state index in [9.17, 15) is 9.18 Å². The number of amides is 1. The lowest BCUT2D eigenvalue weighted by atomic mass is 10.1. The average molecular weight is 398 g/mol. The number of carbonyl (C=O) groups excluding carboxylic acids is 1. The fourth-order valence-electron chi connectivity index (χ4n) is 2.80. The molecule has 0 saturated heterocycles. The number of thiazole rings is 1. The molecular weight excluding hydrogens is 383 g/mol. The molecule has 0 bridgehead atoms. The van der Waals surface area contributed by atoms with E-state index < -0.39 is 0 Å². The van der Waals surface area contributed by atoms with Crippen molar-refractivity contribution in [3.63, 3.8) is 0 Å². The van der Waals surface area contributed by atoms with Crippen molar-refractivity contribution in [3.05, 3.63) is 63.0 Å². The molecule has 0 atom stereocenters. The lowest BCUT2D eigenvalue weighted by Gasteiger charge is -2.03. The number of nitrogens with zero attached hydrogens (tertiary/aromatic N) is 2. The van der Waals surface area contributed by atoms with Gasteiger partial charge >= 0.3 is 0 Å².